The maximum atomic E-state index is 13.7. The monoisotopic (exact) mass is 715 g/mol. The molecule has 2 aliphatic heterocycles. The summed E-state index contributed by atoms with van der Waals surface area (Å²) in [5, 5.41) is 21.1. The van der Waals surface area contributed by atoms with Crippen molar-refractivity contribution in [2.24, 2.45) is 0 Å². The predicted octanol–water partition coefficient (Wildman–Crippen LogP) is -1.42. The van der Waals surface area contributed by atoms with E-state index in [1.165, 1.54) is 36.7 Å². The van der Waals surface area contributed by atoms with Gasteiger partial charge in [0.2, 0.25) is 0 Å². The summed E-state index contributed by atoms with van der Waals surface area (Å²) in [6, 6.07) is 1.03. The molecule has 22 nitrogen and oxygen atoms in total. The van der Waals surface area contributed by atoms with Gasteiger partial charge in [-0.25, -0.2) is 33.6 Å². The third kappa shape index (κ3) is 6.65. The lowest BCUT2D eigenvalue weighted by Gasteiger charge is -2.27. The Bertz CT molecular complexity index is 1970. The van der Waals surface area contributed by atoms with Crippen LogP contribution in [0.3, 0.4) is 0 Å². The van der Waals surface area contributed by atoms with Gasteiger partial charge in [0.25, 0.3) is 5.56 Å². The number of methoxy groups -OCH3 is 1. The van der Waals surface area contributed by atoms with Gasteiger partial charge in [0.15, 0.2) is 23.9 Å². The zero-order valence-electron chi connectivity index (χ0n) is 25.1. The minimum absolute atomic E-state index is 0.0977. The molecule has 0 radical (unpaired) electrons. The first-order valence-electron chi connectivity index (χ1n) is 14.1. The molecule has 48 heavy (non-hydrogen) atoms. The topological polar surface area (TPSA) is 293 Å². The van der Waals surface area contributed by atoms with E-state index in [-0.39, 0.29) is 17.0 Å². The van der Waals surface area contributed by atoms with E-state index in [0.717, 1.165) is 34.2 Å². The molecule has 2 aliphatic rings. The van der Waals surface area contributed by atoms with Crippen LogP contribution >= 0.6 is 15.3 Å². The lowest BCUT2D eigenvalue weighted by Crippen LogP contribution is -2.38. The highest BCUT2D eigenvalue weighted by molar-refractivity contribution is 7.53. The number of imidazole rings is 2. The van der Waals surface area contributed by atoms with Gasteiger partial charge in [-0.15, -0.1) is 0 Å². The van der Waals surface area contributed by atoms with Crippen molar-refractivity contribution in [3.63, 3.8) is 0 Å². The second-order valence-electron chi connectivity index (χ2n) is 10.8. The number of anilines is 1. The molecule has 2 unspecified atom stereocenters. The van der Waals surface area contributed by atoms with Crippen LogP contribution in [0.5, 0.6) is 0 Å². The van der Waals surface area contributed by atoms with E-state index >= 15 is 0 Å². The number of aromatic nitrogens is 8. The second-order valence-corrected chi connectivity index (χ2v) is 14.5. The molecule has 0 aliphatic carbocycles. The van der Waals surface area contributed by atoms with Crippen LogP contribution in [0.4, 0.5) is 5.82 Å². The molecule has 24 heteroatoms. The maximum absolute atomic E-state index is 13.7. The average Bonchev–Trinajstić information content (AvgIpc) is 3.83. The van der Waals surface area contributed by atoms with Crippen molar-refractivity contribution in [2.45, 2.75) is 49.1 Å². The molecule has 0 saturated carbocycles. The Hall–Kier alpha value is -3.66. The summed E-state index contributed by atoms with van der Waals surface area (Å²) in [7, 11) is -7.25. The minimum Gasteiger partial charge on any atom is -0.387 e. The number of ether oxygens (including phenoxy) is 3. The number of nitrogens with two attached hydrogens (primary N) is 1. The summed E-state index contributed by atoms with van der Waals surface area (Å²) in [5.74, 6) is 0.0977. The van der Waals surface area contributed by atoms with E-state index in [0.29, 0.717) is 0 Å². The van der Waals surface area contributed by atoms with Gasteiger partial charge in [-0.3, -0.25) is 32.5 Å². The predicted molar refractivity (Wildman–Crippen MR) is 159 cm³/mol. The molecule has 0 amide bonds. The highest BCUT2D eigenvalue weighted by Gasteiger charge is 2.51. The number of aromatic amines is 1. The van der Waals surface area contributed by atoms with E-state index in [4.69, 9.17) is 33.5 Å². The zero-order valence-corrected chi connectivity index (χ0v) is 26.9. The minimum atomic E-state index is -4.45. The molecular formula is C24H31N9O13P2. The number of rotatable bonds is 12. The van der Waals surface area contributed by atoms with Crippen molar-refractivity contribution in [2.75, 3.05) is 32.7 Å². The number of aliphatic hydroxyl groups is 2. The van der Waals surface area contributed by atoms with Gasteiger partial charge < -0.3 is 39.6 Å². The number of fused-ring (bicyclic) bond motifs is 1. The molecule has 4 aromatic rings. The van der Waals surface area contributed by atoms with E-state index in [2.05, 4.69) is 19.9 Å². The van der Waals surface area contributed by atoms with Gasteiger partial charge >= 0.3 is 21.0 Å². The van der Waals surface area contributed by atoms with Gasteiger partial charge in [-0.2, -0.15) is 0 Å². The Labute approximate surface area is 269 Å². The smallest absolute Gasteiger partial charge is 0.387 e. The summed E-state index contributed by atoms with van der Waals surface area (Å²) in [4.78, 5) is 52.3. The summed E-state index contributed by atoms with van der Waals surface area (Å²) >= 11 is 0. The van der Waals surface area contributed by atoms with Gasteiger partial charge in [0.1, 0.15) is 54.8 Å². The fourth-order valence-corrected chi connectivity index (χ4v) is 7.39. The molecule has 2 fully saturated rings. The first-order valence-corrected chi connectivity index (χ1v) is 17.6. The van der Waals surface area contributed by atoms with Crippen LogP contribution < -0.4 is 17.0 Å². The molecule has 6 heterocycles. The molecule has 10 atom stereocenters. The number of hydrogen-bond donors (Lipinski definition) is 5. The first kappa shape index (κ1) is 34.2. The van der Waals surface area contributed by atoms with E-state index in [1.807, 2.05) is 4.98 Å². The maximum Gasteiger partial charge on any atom is 0.437 e. The number of nitrogen functional groups attached to an aromatic ring is 1. The number of aliphatic hydroxyl groups excluding tert-OH is 2. The Morgan fingerprint density at radius 2 is 1.73 bits per heavy atom. The molecule has 0 spiro atoms. The number of nitrogens with one attached hydrogen (secondary N) is 1. The van der Waals surface area contributed by atoms with Crippen molar-refractivity contribution in [3.05, 3.63) is 64.5 Å². The Kier molecular flexibility index (Phi) is 9.50. The third-order valence-electron chi connectivity index (χ3n) is 7.66. The fourth-order valence-electron chi connectivity index (χ4n) is 5.32. The molecule has 0 aromatic carbocycles. The summed E-state index contributed by atoms with van der Waals surface area (Å²) < 4.78 is 64.2. The van der Waals surface area contributed by atoms with Crippen molar-refractivity contribution in [3.8, 4) is 0 Å². The zero-order chi connectivity index (χ0) is 34.4. The number of hydrogen-bond acceptors (Lipinski definition) is 17. The normalized spacial score (nSPS) is 30.0. The third-order valence-corrected chi connectivity index (χ3v) is 10.2. The Morgan fingerprint density at radius 1 is 0.979 bits per heavy atom. The van der Waals surface area contributed by atoms with Crippen LogP contribution in [-0.4, -0.2) is 117 Å². The van der Waals surface area contributed by atoms with Gasteiger partial charge in [-0.05, 0) is 0 Å². The molecule has 0 bridgehead atoms. The summed E-state index contributed by atoms with van der Waals surface area (Å²) in [6.45, 7) is -0.0240. The average molecular weight is 716 g/mol. The van der Waals surface area contributed by atoms with Gasteiger partial charge in [0.05, 0.1) is 19.5 Å². The lowest BCUT2D eigenvalue weighted by atomic mass is 10.1. The molecule has 6 N–H and O–H groups in total. The highest BCUT2D eigenvalue weighted by atomic mass is 31.2. The van der Waals surface area contributed by atoms with Crippen LogP contribution in [-0.2, 0) is 36.9 Å². The van der Waals surface area contributed by atoms with Crippen molar-refractivity contribution in [1.82, 2.24) is 38.4 Å². The molecule has 2 saturated heterocycles. The van der Waals surface area contributed by atoms with E-state index in [9.17, 15) is 33.8 Å². The molecule has 4 aromatic heterocycles. The Balaban J connectivity index is 1.21. The van der Waals surface area contributed by atoms with Crippen molar-refractivity contribution >= 4 is 32.3 Å². The van der Waals surface area contributed by atoms with Crippen molar-refractivity contribution < 1.29 is 52.0 Å². The Morgan fingerprint density at radius 3 is 2.44 bits per heavy atom. The van der Waals surface area contributed by atoms with Crippen LogP contribution in [0.2, 0.25) is 0 Å². The highest BCUT2D eigenvalue weighted by Crippen LogP contribution is 2.51. The van der Waals surface area contributed by atoms with Crippen LogP contribution in [0.25, 0.3) is 11.2 Å². The molecular weight excluding hydrogens is 684 g/mol. The first-order chi connectivity index (χ1) is 22.8. The quantitative estimate of drug-likeness (QED) is 0.105. The van der Waals surface area contributed by atoms with Gasteiger partial charge in [-0.1, -0.05) is 0 Å². The van der Waals surface area contributed by atoms with E-state index in [1.54, 1.807) is 0 Å². The second kappa shape index (κ2) is 13.3. The molecule has 260 valence electrons. The fraction of sp³-hybridized carbons (Fsp3) is 0.500. The molecule has 6 rings (SSSR count). The SMILES string of the molecule is CO[C@@H]1[C@H](OP(C)(=O)OC[C@H]2O[C@@H](n3ccc(=O)[nH]c3=O)[C@H](O)[C@@H]2O)[C@@H](COP(=O)(O)n2ccnc2)O[C@H]1n1cnc2c(N)ncnc21. The number of H-pyrrole nitrogens is 1. The largest absolute Gasteiger partial charge is 0.437 e. The lowest BCUT2D eigenvalue weighted by molar-refractivity contribution is -0.0568. The van der Waals surface area contributed by atoms with Crippen LogP contribution in [0.15, 0.2) is 53.2 Å². The standard InChI is InChI=1S/C24H31N9O13P2/c1-41-19-18(46-47(2,38)42-7-12-16(35)17(36)22(44-12)32-5-3-14(34)30-24(32)37)13(8-43-48(39,40)31-6-4-26-10-31)45-23(19)33-11-29-15-20(25)27-9-28-21(15)33/h3-6,9-13,16-19,22-23,35-36H,7-8H2,1-2H3,(H,39,40)(H2,25,27,28)(H,30,34,37)/t12-,13-,16-,17-,18-,19-,22-,23-,47?/m1/s1. The van der Waals surface area contributed by atoms with Crippen molar-refractivity contribution in [1.29, 1.82) is 0 Å². The summed E-state index contributed by atoms with van der Waals surface area (Å²) in [5.41, 5.74) is 4.90. The summed E-state index contributed by atoms with van der Waals surface area (Å²) in [6.07, 6.45) is -3.22. The van der Waals surface area contributed by atoms with Crippen LogP contribution in [0, 0.1) is 0 Å². The van der Waals surface area contributed by atoms with Gasteiger partial charge in [0, 0.05) is 38.4 Å². The van der Waals surface area contributed by atoms with Crippen LogP contribution in [0.1, 0.15) is 12.5 Å². The van der Waals surface area contributed by atoms with E-state index < -0.39 is 88.9 Å². The number of nitrogens with zero attached hydrogens (tertiary/aromatic N) is 7.